The van der Waals surface area contributed by atoms with Crippen LogP contribution in [-0.2, 0) is 0 Å². The van der Waals surface area contributed by atoms with Gasteiger partial charge in [0.25, 0.3) is 0 Å². The number of benzene rings is 5. The maximum Gasteiger partial charge on any atom is 0.145 e. The third-order valence-corrected chi connectivity index (χ3v) is 8.76. The Labute approximate surface area is 258 Å². The molecule has 1 aliphatic carbocycles. The lowest BCUT2D eigenvalue weighted by molar-refractivity contribution is 0.653. The van der Waals surface area contributed by atoms with Crippen molar-refractivity contribution in [1.29, 1.82) is 0 Å². The molecule has 0 spiro atoms. The first-order valence-corrected chi connectivity index (χ1v) is 15.4. The summed E-state index contributed by atoms with van der Waals surface area (Å²) >= 11 is 0. The lowest BCUT2D eigenvalue weighted by atomic mass is 9.89. The Balaban J connectivity index is 1.34. The van der Waals surface area contributed by atoms with Gasteiger partial charge in [-0.2, -0.15) is 0 Å². The van der Waals surface area contributed by atoms with Gasteiger partial charge in [0.05, 0.1) is 0 Å². The van der Waals surface area contributed by atoms with Crippen molar-refractivity contribution < 1.29 is 0 Å². The molecule has 0 aromatic heterocycles. The van der Waals surface area contributed by atoms with Gasteiger partial charge in [-0.1, -0.05) is 115 Å². The smallest absolute Gasteiger partial charge is 0.145 e. The fourth-order valence-corrected chi connectivity index (χ4v) is 6.59. The summed E-state index contributed by atoms with van der Waals surface area (Å²) in [5.41, 5.74) is 9.25. The van der Waals surface area contributed by atoms with Crippen molar-refractivity contribution in [2.45, 2.75) is 12.6 Å². The first kappa shape index (κ1) is 26.2. The number of rotatable bonds is 5. The number of hydrogen-bond acceptors (Lipinski definition) is 3. The van der Waals surface area contributed by atoms with Crippen molar-refractivity contribution >= 4 is 38.7 Å². The second-order valence-electron chi connectivity index (χ2n) is 11.6. The van der Waals surface area contributed by atoms with Crippen LogP contribution in [0, 0.1) is 5.92 Å². The molecule has 8 rings (SSSR count). The Bertz CT molecular complexity index is 2020. The van der Waals surface area contributed by atoms with Gasteiger partial charge in [0.2, 0.25) is 0 Å². The zero-order chi connectivity index (χ0) is 29.3. The summed E-state index contributed by atoms with van der Waals surface area (Å²) in [7, 11) is 0. The highest BCUT2D eigenvalue weighted by Gasteiger charge is 2.24. The van der Waals surface area contributed by atoms with Crippen molar-refractivity contribution in [3.63, 3.8) is 0 Å². The summed E-state index contributed by atoms with van der Waals surface area (Å²) < 4.78 is 0. The molecule has 5 aromatic rings. The van der Waals surface area contributed by atoms with Crippen molar-refractivity contribution in [2.75, 3.05) is 6.54 Å². The zero-order valence-corrected chi connectivity index (χ0v) is 24.4. The fraction of sp³-hybridized carbons (Fsp3) is 0.0976. The minimum Gasteiger partial charge on any atom is -0.381 e. The Kier molecular flexibility index (Phi) is 6.77. The van der Waals surface area contributed by atoms with Crippen LogP contribution in [-0.4, -0.2) is 12.3 Å². The molecule has 0 fully saturated rings. The molecule has 0 saturated heterocycles. The molecule has 0 saturated carbocycles. The van der Waals surface area contributed by atoms with Gasteiger partial charge in [-0.3, -0.25) is 4.99 Å². The summed E-state index contributed by atoms with van der Waals surface area (Å²) in [5, 5.41) is 12.4. The van der Waals surface area contributed by atoms with E-state index in [9.17, 15) is 0 Å². The van der Waals surface area contributed by atoms with Crippen molar-refractivity contribution in [1.82, 2.24) is 10.6 Å². The van der Waals surface area contributed by atoms with Gasteiger partial charge in [-0.05, 0) is 92.2 Å². The number of fused-ring (bicyclic) bond motifs is 2. The first-order chi connectivity index (χ1) is 21.8. The van der Waals surface area contributed by atoms with Crippen molar-refractivity contribution in [2.24, 2.45) is 10.9 Å². The number of dihydropyridines is 1. The van der Waals surface area contributed by atoms with Gasteiger partial charge >= 0.3 is 0 Å². The summed E-state index contributed by atoms with van der Waals surface area (Å²) in [4.78, 5) is 5.39. The molecule has 2 N–H and O–H groups in total. The second-order valence-corrected chi connectivity index (χ2v) is 11.6. The van der Waals surface area contributed by atoms with Gasteiger partial charge < -0.3 is 10.6 Å². The maximum absolute atomic E-state index is 5.39. The largest absolute Gasteiger partial charge is 0.381 e. The molecule has 2 atom stereocenters. The van der Waals surface area contributed by atoms with Crippen LogP contribution in [0.3, 0.4) is 0 Å². The van der Waals surface area contributed by atoms with E-state index in [1.807, 2.05) is 0 Å². The van der Waals surface area contributed by atoms with Crippen LogP contribution in [0.25, 0.3) is 44.1 Å². The van der Waals surface area contributed by atoms with E-state index in [1.165, 1.54) is 38.2 Å². The third kappa shape index (κ3) is 4.97. The number of nitrogens with one attached hydrogen (secondary N) is 2. The molecule has 212 valence electrons. The molecule has 0 radical (unpaired) electrons. The van der Waals surface area contributed by atoms with Gasteiger partial charge in [-0.25, -0.2) is 0 Å². The fourth-order valence-electron chi connectivity index (χ4n) is 6.59. The van der Waals surface area contributed by atoms with Gasteiger partial charge in [0.15, 0.2) is 0 Å². The number of aliphatic imine (C=N–C) groups is 1. The summed E-state index contributed by atoms with van der Waals surface area (Å²) in [5.74, 6) is 0.251. The quantitative estimate of drug-likeness (QED) is 0.208. The monoisotopic (exact) mass is 567 g/mol. The van der Waals surface area contributed by atoms with E-state index in [0.29, 0.717) is 0 Å². The third-order valence-electron chi connectivity index (χ3n) is 8.76. The Hall–Kier alpha value is -5.41. The van der Waals surface area contributed by atoms with Crippen LogP contribution in [0.1, 0.15) is 29.3 Å². The zero-order valence-electron chi connectivity index (χ0n) is 24.4. The number of nitrogens with zero attached hydrogens (tertiary/aromatic N) is 1. The average molecular weight is 568 g/mol. The molecule has 5 aromatic carbocycles. The van der Waals surface area contributed by atoms with Gasteiger partial charge in [-0.15, -0.1) is 0 Å². The van der Waals surface area contributed by atoms with Gasteiger partial charge in [0, 0.05) is 29.6 Å². The Morgan fingerprint density at radius 3 is 2.11 bits per heavy atom. The summed E-state index contributed by atoms with van der Waals surface area (Å²) in [6.07, 6.45) is 18.2. The molecule has 3 nitrogen and oxygen atoms in total. The minimum absolute atomic E-state index is 0.232. The molecule has 2 unspecified atom stereocenters. The van der Waals surface area contributed by atoms with E-state index in [-0.39, 0.29) is 12.1 Å². The topological polar surface area (TPSA) is 36.4 Å². The SMILES string of the molecule is C1=CCNC(c2cc(-c3c4ccccc4cc4ccccc34)cc(C3N=C(C4C=CC=CC4)C=C(c4ccccc4)N3)c2)=C1. The first-order valence-electron chi connectivity index (χ1n) is 15.4. The van der Waals surface area contributed by atoms with Crippen LogP contribution < -0.4 is 10.6 Å². The molecular weight excluding hydrogens is 534 g/mol. The highest BCUT2D eigenvalue weighted by Crippen LogP contribution is 2.39. The van der Waals surface area contributed by atoms with Crippen LogP contribution >= 0.6 is 0 Å². The normalized spacial score (nSPS) is 19.2. The van der Waals surface area contributed by atoms with Crippen LogP contribution in [0.2, 0.25) is 0 Å². The number of allylic oxidation sites excluding steroid dienone is 7. The van der Waals surface area contributed by atoms with E-state index in [1.54, 1.807) is 0 Å². The lowest BCUT2D eigenvalue weighted by Crippen LogP contribution is -2.27. The predicted octanol–water partition coefficient (Wildman–Crippen LogP) is 9.38. The molecule has 44 heavy (non-hydrogen) atoms. The maximum atomic E-state index is 5.39. The molecule has 0 bridgehead atoms. The van der Waals surface area contributed by atoms with Crippen LogP contribution in [0.5, 0.6) is 0 Å². The molecule has 0 amide bonds. The predicted molar refractivity (Wildman–Crippen MR) is 186 cm³/mol. The average Bonchev–Trinajstić information content (AvgIpc) is 3.11. The Morgan fingerprint density at radius 1 is 0.636 bits per heavy atom. The highest BCUT2D eigenvalue weighted by molar-refractivity contribution is 6.13. The standard InChI is InChI=1S/C41H33N3/c1-3-13-28(14-4-1)38-27-39(29-15-5-2-6-16-29)44-41(43-38)34-25-32(37-21-11-12-22-42-37)24-33(26-34)40-35-19-9-7-17-30(35)23-31-18-8-10-20-36(31)40/h1-15,17-21,23-27,29,41-43H,16,22H2. The summed E-state index contributed by atoms with van der Waals surface area (Å²) in [6, 6.07) is 37.4. The van der Waals surface area contributed by atoms with E-state index >= 15 is 0 Å². The van der Waals surface area contributed by atoms with Crippen molar-refractivity contribution in [3.05, 3.63) is 168 Å². The lowest BCUT2D eigenvalue weighted by Gasteiger charge is -2.28. The Morgan fingerprint density at radius 2 is 1.39 bits per heavy atom. The van der Waals surface area contributed by atoms with E-state index in [4.69, 9.17) is 4.99 Å². The molecule has 3 heteroatoms. The highest BCUT2D eigenvalue weighted by atomic mass is 15.1. The molecule has 2 heterocycles. The van der Waals surface area contributed by atoms with Crippen LogP contribution in [0.15, 0.2) is 157 Å². The number of hydrogen-bond donors (Lipinski definition) is 2. The summed E-state index contributed by atoms with van der Waals surface area (Å²) in [6.45, 7) is 0.814. The molecule has 3 aliphatic rings. The van der Waals surface area contributed by atoms with E-state index < -0.39 is 0 Å². The second kappa shape index (κ2) is 11.3. The van der Waals surface area contributed by atoms with E-state index in [0.717, 1.165) is 41.2 Å². The van der Waals surface area contributed by atoms with E-state index in [2.05, 4.69) is 162 Å². The van der Waals surface area contributed by atoms with Gasteiger partial charge in [0.1, 0.15) is 6.17 Å². The minimum atomic E-state index is -0.232. The molecular formula is C41H33N3. The van der Waals surface area contributed by atoms with Crippen LogP contribution in [0.4, 0.5) is 0 Å². The molecule has 2 aliphatic heterocycles. The van der Waals surface area contributed by atoms with Crippen molar-refractivity contribution in [3.8, 4) is 11.1 Å².